The minimum atomic E-state index is -4.23. The van der Waals surface area contributed by atoms with Gasteiger partial charge >= 0.3 is 12.2 Å². The zero-order chi connectivity index (χ0) is 30.0. The Bertz CT molecular complexity index is 1440. The van der Waals surface area contributed by atoms with Gasteiger partial charge in [-0.2, -0.15) is 0 Å². The number of pyridine rings is 1. The second-order valence-corrected chi connectivity index (χ2v) is 9.96. The van der Waals surface area contributed by atoms with E-state index in [0.717, 1.165) is 0 Å². The summed E-state index contributed by atoms with van der Waals surface area (Å²) >= 11 is 0. The molecule has 1 heterocycles. The van der Waals surface area contributed by atoms with E-state index in [1.807, 2.05) is 0 Å². The highest BCUT2D eigenvalue weighted by Gasteiger charge is 2.28. The van der Waals surface area contributed by atoms with Crippen LogP contribution in [-0.4, -0.2) is 62.3 Å². The lowest BCUT2D eigenvalue weighted by atomic mass is 9.94. The van der Waals surface area contributed by atoms with Gasteiger partial charge in [-0.05, 0) is 63.4 Å². The van der Waals surface area contributed by atoms with E-state index in [0.29, 0.717) is 16.3 Å². The summed E-state index contributed by atoms with van der Waals surface area (Å²) in [6, 6.07) is 7.40. The monoisotopic (exact) mass is 580 g/mol. The van der Waals surface area contributed by atoms with Gasteiger partial charge in [-0.25, -0.2) is 18.0 Å². The van der Waals surface area contributed by atoms with Gasteiger partial charge in [0, 0.05) is 5.69 Å². The number of nitrogens with two attached hydrogens (primary N) is 2. The molecule has 3 amide bonds. The van der Waals surface area contributed by atoms with Crippen LogP contribution in [0.25, 0.3) is 0 Å². The Labute approximate surface area is 230 Å². The first-order chi connectivity index (χ1) is 18.8. The number of nitrogens with one attached hydrogen (secondary N) is 2. The van der Waals surface area contributed by atoms with Crippen molar-refractivity contribution in [3.05, 3.63) is 57.5 Å². The highest BCUT2D eigenvalue weighted by molar-refractivity contribution is 7.92. The number of hydrogen-bond acceptors (Lipinski definition) is 9. The Hall–Kier alpha value is -4.44. The van der Waals surface area contributed by atoms with Crippen molar-refractivity contribution in [3.8, 4) is 0 Å². The fourth-order valence-electron chi connectivity index (χ4n) is 3.47. The highest BCUT2D eigenvalue weighted by atomic mass is 32.2. The summed E-state index contributed by atoms with van der Waals surface area (Å²) in [5, 5.41) is 0.392. The fraction of sp³-hybridized carbons (Fsp3) is 0.375. The molecule has 16 heteroatoms. The van der Waals surface area contributed by atoms with Crippen LogP contribution < -0.4 is 21.7 Å². The van der Waals surface area contributed by atoms with E-state index in [2.05, 4.69) is 19.4 Å². The number of primary amides is 1. The van der Waals surface area contributed by atoms with Gasteiger partial charge in [0.15, 0.2) is 0 Å². The number of carbonyl (C=O) groups is 3. The molecule has 0 saturated heterocycles. The van der Waals surface area contributed by atoms with Crippen LogP contribution in [0.3, 0.4) is 0 Å². The van der Waals surface area contributed by atoms with E-state index < -0.39 is 57.8 Å². The third-order valence-electron chi connectivity index (χ3n) is 5.20. The number of rotatable bonds is 11. The first kappa shape index (κ1) is 31.8. The molecule has 1 aromatic carbocycles. The number of nitrogens with zero attached hydrogens (tertiary/aromatic N) is 2. The molecule has 40 heavy (non-hydrogen) atoms. The average Bonchev–Trinajstić information content (AvgIpc) is 2.85. The Kier molecular flexibility index (Phi) is 11.2. The standard InChI is InChI=1S/C24H32N6O9S/c1-5-37-23(33)28-22(26)30(24(34)38-6-2)39-11-10-17(20(25)31)18-13-15(4)27-21(32)19(18)29-40(35,36)16-9-7-8-14(3)12-16/h7-9,12-13,17,29H,5-6,10-11H2,1-4H3,(H2,25,31)(H,27,32)(H2,26,28,33). The van der Waals surface area contributed by atoms with Gasteiger partial charge in [-0.15, -0.1) is 10.1 Å². The lowest BCUT2D eigenvalue weighted by Gasteiger charge is -2.22. The maximum atomic E-state index is 13.1. The topological polar surface area (TPSA) is 226 Å². The minimum absolute atomic E-state index is 0.00175. The van der Waals surface area contributed by atoms with Crippen LogP contribution in [0.2, 0.25) is 0 Å². The van der Waals surface area contributed by atoms with Crippen LogP contribution in [0.4, 0.5) is 15.3 Å². The molecule has 0 spiro atoms. The van der Waals surface area contributed by atoms with Crippen molar-refractivity contribution in [2.24, 2.45) is 16.5 Å². The number of sulfonamides is 1. The number of aliphatic imine (C=N–C) groups is 1. The van der Waals surface area contributed by atoms with E-state index in [1.54, 1.807) is 26.0 Å². The van der Waals surface area contributed by atoms with Crippen LogP contribution in [0.1, 0.15) is 43.0 Å². The molecule has 1 aromatic heterocycles. The fourth-order valence-corrected chi connectivity index (χ4v) is 4.67. The van der Waals surface area contributed by atoms with E-state index in [-0.39, 0.29) is 30.1 Å². The molecule has 1 atom stereocenters. The molecule has 0 saturated carbocycles. The molecule has 15 nitrogen and oxygen atoms in total. The van der Waals surface area contributed by atoms with Crippen LogP contribution in [0, 0.1) is 13.8 Å². The lowest BCUT2D eigenvalue weighted by molar-refractivity contribution is -0.121. The predicted molar refractivity (Wildman–Crippen MR) is 144 cm³/mol. The first-order valence-electron chi connectivity index (χ1n) is 12.0. The Morgan fingerprint density at radius 3 is 2.38 bits per heavy atom. The third kappa shape index (κ3) is 8.54. The molecule has 0 aliphatic carbocycles. The minimum Gasteiger partial charge on any atom is -0.448 e. The van der Waals surface area contributed by atoms with Crippen LogP contribution >= 0.6 is 0 Å². The summed E-state index contributed by atoms with van der Waals surface area (Å²) in [7, 11) is -4.23. The number of guanidine groups is 1. The Balaban J connectivity index is 2.39. The zero-order valence-electron chi connectivity index (χ0n) is 22.4. The number of carbonyl (C=O) groups excluding carboxylic acids is 3. The number of amides is 3. The summed E-state index contributed by atoms with van der Waals surface area (Å²) in [6.45, 7) is 5.81. The largest absolute Gasteiger partial charge is 0.448 e. The molecule has 218 valence electrons. The Morgan fingerprint density at radius 2 is 1.77 bits per heavy atom. The molecule has 2 aromatic rings. The average molecular weight is 581 g/mol. The molecule has 0 aliphatic heterocycles. The van der Waals surface area contributed by atoms with Gasteiger partial charge < -0.3 is 25.9 Å². The molecule has 0 aliphatic rings. The maximum Gasteiger partial charge on any atom is 0.441 e. The van der Waals surface area contributed by atoms with Crippen LogP contribution in [0.15, 0.2) is 45.0 Å². The predicted octanol–water partition coefficient (Wildman–Crippen LogP) is 1.61. The van der Waals surface area contributed by atoms with Crippen molar-refractivity contribution in [1.29, 1.82) is 0 Å². The second kappa shape index (κ2) is 14.1. The van der Waals surface area contributed by atoms with Crippen molar-refractivity contribution < 1.29 is 37.1 Å². The molecule has 0 radical (unpaired) electrons. The summed E-state index contributed by atoms with van der Waals surface area (Å²) in [6.07, 6.45) is -2.44. The SMILES string of the molecule is CCOC(=O)N=C(N)N(OCCC(C(N)=O)c1cc(C)[nH]c(=O)c1NS(=O)(=O)c1cccc(C)c1)C(=O)OCC. The summed E-state index contributed by atoms with van der Waals surface area (Å²) in [4.78, 5) is 60.4. The molecular weight excluding hydrogens is 548 g/mol. The molecule has 0 fully saturated rings. The number of H-pyrrole nitrogens is 1. The Morgan fingerprint density at radius 1 is 1.10 bits per heavy atom. The van der Waals surface area contributed by atoms with Crippen molar-refractivity contribution in [2.75, 3.05) is 24.5 Å². The number of ether oxygens (including phenoxy) is 2. The lowest BCUT2D eigenvalue weighted by Crippen LogP contribution is -2.43. The van der Waals surface area contributed by atoms with Gasteiger partial charge in [-0.1, -0.05) is 12.1 Å². The van der Waals surface area contributed by atoms with Crippen molar-refractivity contribution in [2.45, 2.75) is 44.9 Å². The number of hydrogen-bond donors (Lipinski definition) is 4. The number of aryl methyl sites for hydroxylation is 2. The first-order valence-corrected chi connectivity index (χ1v) is 13.5. The van der Waals surface area contributed by atoms with Crippen LogP contribution in [0.5, 0.6) is 0 Å². The smallest absolute Gasteiger partial charge is 0.441 e. The number of hydroxylamine groups is 2. The second-order valence-electron chi connectivity index (χ2n) is 8.27. The maximum absolute atomic E-state index is 13.1. The summed E-state index contributed by atoms with van der Waals surface area (Å²) in [5.41, 5.74) is 11.1. The van der Waals surface area contributed by atoms with Gasteiger partial charge in [0.25, 0.3) is 15.6 Å². The van der Waals surface area contributed by atoms with Gasteiger partial charge in [-0.3, -0.25) is 19.1 Å². The van der Waals surface area contributed by atoms with E-state index in [1.165, 1.54) is 32.0 Å². The van der Waals surface area contributed by atoms with Crippen molar-refractivity contribution >= 4 is 39.8 Å². The number of anilines is 1. The summed E-state index contributed by atoms with van der Waals surface area (Å²) in [5.74, 6) is -2.88. The van der Waals surface area contributed by atoms with Gasteiger partial charge in [0.1, 0.15) is 5.69 Å². The molecule has 1 unspecified atom stereocenters. The third-order valence-corrected chi connectivity index (χ3v) is 6.54. The van der Waals surface area contributed by atoms with Gasteiger partial charge in [0.2, 0.25) is 11.9 Å². The highest BCUT2D eigenvalue weighted by Crippen LogP contribution is 2.27. The quantitative estimate of drug-likeness (QED) is 0.170. The van der Waals surface area contributed by atoms with E-state index in [4.69, 9.17) is 21.0 Å². The molecule has 2 rings (SSSR count). The molecular formula is C24H32N6O9S. The molecule has 0 bridgehead atoms. The van der Waals surface area contributed by atoms with E-state index >= 15 is 0 Å². The van der Waals surface area contributed by atoms with Gasteiger partial charge in [0.05, 0.1) is 30.6 Å². The zero-order valence-corrected chi connectivity index (χ0v) is 23.2. The van der Waals surface area contributed by atoms with Crippen LogP contribution in [-0.2, 0) is 29.1 Å². The van der Waals surface area contributed by atoms with Crippen molar-refractivity contribution in [3.63, 3.8) is 0 Å². The normalized spacial score (nSPS) is 12.3. The number of aromatic amines is 1. The molecule has 6 N–H and O–H groups in total. The number of aromatic nitrogens is 1. The summed E-state index contributed by atoms with van der Waals surface area (Å²) < 4.78 is 37.9. The van der Waals surface area contributed by atoms with Crippen molar-refractivity contribution in [1.82, 2.24) is 10.0 Å². The van der Waals surface area contributed by atoms with E-state index in [9.17, 15) is 27.6 Å². The number of benzene rings is 1.